The van der Waals surface area contributed by atoms with E-state index in [9.17, 15) is 4.79 Å². The fourth-order valence-electron chi connectivity index (χ4n) is 3.15. The molecule has 0 aromatic heterocycles. The number of hydrogen-bond acceptors (Lipinski definition) is 3. The van der Waals surface area contributed by atoms with Crippen LogP contribution in [-0.2, 0) is 9.53 Å². The van der Waals surface area contributed by atoms with Crippen molar-refractivity contribution in [2.45, 2.75) is 45.1 Å². The van der Waals surface area contributed by atoms with Crippen LogP contribution < -0.4 is 5.73 Å². The van der Waals surface area contributed by atoms with Gasteiger partial charge in [-0.2, -0.15) is 0 Å². The average molecular weight is 254 g/mol. The van der Waals surface area contributed by atoms with E-state index in [0.717, 1.165) is 45.3 Å². The summed E-state index contributed by atoms with van der Waals surface area (Å²) in [5.74, 6) is 1.11. The minimum absolute atomic E-state index is 0.211. The summed E-state index contributed by atoms with van der Waals surface area (Å²) in [6.07, 6.45) is 5.60. The van der Waals surface area contributed by atoms with E-state index in [1.807, 2.05) is 4.90 Å². The van der Waals surface area contributed by atoms with Gasteiger partial charge in [-0.25, -0.2) is 0 Å². The summed E-state index contributed by atoms with van der Waals surface area (Å²) in [5.41, 5.74) is 5.74. The highest BCUT2D eigenvalue weighted by Gasteiger charge is 2.32. The van der Waals surface area contributed by atoms with Crippen LogP contribution in [0.2, 0.25) is 0 Å². The molecule has 0 aromatic rings. The predicted octanol–water partition coefficient (Wildman–Crippen LogP) is 1.39. The van der Waals surface area contributed by atoms with Gasteiger partial charge in [0.2, 0.25) is 5.91 Å². The van der Waals surface area contributed by atoms with E-state index < -0.39 is 0 Å². The van der Waals surface area contributed by atoms with Gasteiger partial charge < -0.3 is 15.4 Å². The van der Waals surface area contributed by atoms with Crippen molar-refractivity contribution in [3.05, 3.63) is 0 Å². The molecule has 4 heteroatoms. The molecule has 0 aromatic carbocycles. The zero-order valence-corrected chi connectivity index (χ0v) is 11.4. The average Bonchev–Trinajstić information content (AvgIpc) is 2.46. The van der Waals surface area contributed by atoms with E-state index in [4.69, 9.17) is 10.5 Å². The van der Waals surface area contributed by atoms with Crippen LogP contribution in [0, 0.1) is 11.8 Å². The Bertz CT molecular complexity index is 257. The van der Waals surface area contributed by atoms with Gasteiger partial charge in [-0.05, 0) is 38.1 Å². The Balaban J connectivity index is 1.89. The third-order valence-electron chi connectivity index (χ3n) is 4.37. The maximum Gasteiger partial charge on any atom is 0.225 e. The first-order valence-corrected chi connectivity index (χ1v) is 7.35. The van der Waals surface area contributed by atoms with E-state index in [1.54, 1.807) is 0 Å². The van der Waals surface area contributed by atoms with Crippen molar-refractivity contribution in [2.75, 3.05) is 26.2 Å². The van der Waals surface area contributed by atoms with Crippen LogP contribution in [0.5, 0.6) is 0 Å². The maximum absolute atomic E-state index is 12.5. The molecule has 0 radical (unpaired) electrons. The van der Waals surface area contributed by atoms with Crippen molar-refractivity contribution in [2.24, 2.45) is 17.6 Å². The summed E-state index contributed by atoms with van der Waals surface area (Å²) in [4.78, 5) is 14.5. The number of hydrogen-bond donors (Lipinski definition) is 1. The summed E-state index contributed by atoms with van der Waals surface area (Å²) in [7, 11) is 0. The number of amides is 1. The number of morpholine rings is 1. The van der Waals surface area contributed by atoms with Crippen LogP contribution in [0.3, 0.4) is 0 Å². The fourth-order valence-corrected chi connectivity index (χ4v) is 3.15. The van der Waals surface area contributed by atoms with Crippen molar-refractivity contribution in [1.82, 2.24) is 4.90 Å². The minimum Gasteiger partial charge on any atom is -0.375 e. The number of carbonyl (C=O) groups excluding carboxylic acids is 1. The van der Waals surface area contributed by atoms with Gasteiger partial charge in [-0.15, -0.1) is 0 Å². The molecule has 2 rings (SSSR count). The molecular weight excluding hydrogens is 228 g/mol. The number of rotatable bonds is 3. The Morgan fingerprint density at radius 3 is 3.00 bits per heavy atom. The summed E-state index contributed by atoms with van der Waals surface area (Å²) >= 11 is 0. The number of ether oxygens (including phenoxy) is 1. The van der Waals surface area contributed by atoms with Crippen molar-refractivity contribution < 1.29 is 9.53 Å². The Morgan fingerprint density at radius 1 is 1.44 bits per heavy atom. The molecule has 3 atom stereocenters. The lowest BCUT2D eigenvalue weighted by Crippen LogP contribution is -2.48. The standard InChI is InChI=1S/C14H26N2O2/c1-2-13-10-16(6-7-18-13)14(17)12-5-3-4-11(8-12)9-15/h11-13H,2-10,15H2,1H3. The van der Waals surface area contributed by atoms with Crippen molar-refractivity contribution >= 4 is 5.91 Å². The zero-order valence-electron chi connectivity index (χ0n) is 11.4. The van der Waals surface area contributed by atoms with E-state index in [0.29, 0.717) is 18.4 Å². The third kappa shape index (κ3) is 3.23. The van der Waals surface area contributed by atoms with Crippen LogP contribution in [0.4, 0.5) is 0 Å². The first-order valence-electron chi connectivity index (χ1n) is 7.35. The number of nitrogens with zero attached hydrogens (tertiary/aromatic N) is 1. The number of carbonyl (C=O) groups is 1. The van der Waals surface area contributed by atoms with Gasteiger partial charge >= 0.3 is 0 Å². The summed E-state index contributed by atoms with van der Waals surface area (Å²) < 4.78 is 5.62. The first-order chi connectivity index (χ1) is 8.74. The molecule has 1 saturated carbocycles. The summed E-state index contributed by atoms with van der Waals surface area (Å²) in [6.45, 7) is 5.07. The molecular formula is C14H26N2O2. The zero-order chi connectivity index (χ0) is 13.0. The summed E-state index contributed by atoms with van der Waals surface area (Å²) in [5, 5.41) is 0. The smallest absolute Gasteiger partial charge is 0.225 e. The lowest BCUT2D eigenvalue weighted by Gasteiger charge is -2.37. The van der Waals surface area contributed by atoms with Crippen LogP contribution in [-0.4, -0.2) is 43.2 Å². The lowest BCUT2D eigenvalue weighted by molar-refractivity contribution is -0.144. The highest BCUT2D eigenvalue weighted by molar-refractivity contribution is 5.79. The highest BCUT2D eigenvalue weighted by atomic mass is 16.5. The van der Waals surface area contributed by atoms with Gasteiger partial charge in [-0.1, -0.05) is 13.3 Å². The van der Waals surface area contributed by atoms with E-state index in [1.165, 1.54) is 6.42 Å². The molecule has 1 aliphatic heterocycles. The molecule has 2 aliphatic rings. The first kappa shape index (κ1) is 13.8. The van der Waals surface area contributed by atoms with Crippen LogP contribution >= 0.6 is 0 Å². The molecule has 1 saturated heterocycles. The Labute approximate surface area is 110 Å². The van der Waals surface area contributed by atoms with Crippen molar-refractivity contribution in [1.29, 1.82) is 0 Å². The second-order valence-electron chi connectivity index (χ2n) is 5.65. The second kappa shape index (κ2) is 6.53. The molecule has 18 heavy (non-hydrogen) atoms. The van der Waals surface area contributed by atoms with Gasteiger partial charge in [0.25, 0.3) is 0 Å². The SMILES string of the molecule is CCC1CN(C(=O)C2CCCC(CN)C2)CCO1. The van der Waals surface area contributed by atoms with Crippen molar-refractivity contribution in [3.8, 4) is 0 Å². The number of nitrogens with two attached hydrogens (primary N) is 1. The van der Waals surface area contributed by atoms with Gasteiger partial charge in [0.1, 0.15) is 0 Å². The molecule has 1 amide bonds. The molecule has 2 fully saturated rings. The highest BCUT2D eigenvalue weighted by Crippen LogP contribution is 2.30. The van der Waals surface area contributed by atoms with Crippen LogP contribution in [0.25, 0.3) is 0 Å². The molecule has 4 nitrogen and oxygen atoms in total. The predicted molar refractivity (Wildman–Crippen MR) is 71.1 cm³/mol. The Hall–Kier alpha value is -0.610. The quantitative estimate of drug-likeness (QED) is 0.828. The van der Waals surface area contributed by atoms with E-state index in [2.05, 4.69) is 6.92 Å². The van der Waals surface area contributed by atoms with Gasteiger partial charge in [0.05, 0.1) is 12.7 Å². The van der Waals surface area contributed by atoms with Crippen LogP contribution in [0.15, 0.2) is 0 Å². The normalized spacial score (nSPS) is 33.4. The maximum atomic E-state index is 12.5. The van der Waals surface area contributed by atoms with Gasteiger partial charge in [0, 0.05) is 19.0 Å². The second-order valence-corrected chi connectivity index (χ2v) is 5.65. The minimum atomic E-state index is 0.211. The molecule has 0 bridgehead atoms. The fraction of sp³-hybridized carbons (Fsp3) is 0.929. The monoisotopic (exact) mass is 254 g/mol. The third-order valence-corrected chi connectivity index (χ3v) is 4.37. The molecule has 3 unspecified atom stereocenters. The molecule has 2 N–H and O–H groups in total. The van der Waals surface area contributed by atoms with Crippen molar-refractivity contribution in [3.63, 3.8) is 0 Å². The summed E-state index contributed by atoms with van der Waals surface area (Å²) in [6, 6.07) is 0. The van der Waals surface area contributed by atoms with Gasteiger partial charge in [-0.3, -0.25) is 4.79 Å². The van der Waals surface area contributed by atoms with E-state index in [-0.39, 0.29) is 12.0 Å². The topological polar surface area (TPSA) is 55.6 Å². The van der Waals surface area contributed by atoms with Gasteiger partial charge in [0.15, 0.2) is 0 Å². The molecule has 1 aliphatic carbocycles. The Kier molecular flexibility index (Phi) is 5.01. The molecule has 104 valence electrons. The molecule has 1 heterocycles. The largest absolute Gasteiger partial charge is 0.375 e. The van der Waals surface area contributed by atoms with E-state index >= 15 is 0 Å². The lowest BCUT2D eigenvalue weighted by atomic mass is 9.80. The Morgan fingerprint density at radius 2 is 2.28 bits per heavy atom. The van der Waals surface area contributed by atoms with Crippen LogP contribution in [0.1, 0.15) is 39.0 Å². The molecule has 0 spiro atoms.